The standard InChI is InChI=1S/C41H36F2O4S/c42-36-23-13-22-34(39(36)43)40(25-33(48)24-37(45)29-14-5-1-6-15-29)28-46-38(35(40)26-44)27-47-41(30-16-7-2-8-17-30,31-18-9-3-10-19-31)32-20-11-4-12-21-32/h1-23,35,38,44H,24-28H2/t35-,38-,40?/m1/s1. The highest BCUT2D eigenvalue weighted by Crippen LogP contribution is 2.48. The summed E-state index contributed by atoms with van der Waals surface area (Å²) in [6, 6.07) is 42.4. The van der Waals surface area contributed by atoms with Crippen molar-refractivity contribution in [1.82, 2.24) is 0 Å². The Morgan fingerprint density at radius 1 is 0.792 bits per heavy atom. The maximum Gasteiger partial charge on any atom is 0.167 e. The van der Waals surface area contributed by atoms with Gasteiger partial charge < -0.3 is 14.6 Å². The molecule has 0 spiro atoms. The Morgan fingerprint density at radius 2 is 1.31 bits per heavy atom. The highest BCUT2D eigenvalue weighted by atomic mass is 32.1. The van der Waals surface area contributed by atoms with Crippen LogP contribution in [0.25, 0.3) is 0 Å². The molecule has 1 heterocycles. The minimum atomic E-state index is -1.25. The molecule has 0 aliphatic carbocycles. The van der Waals surface area contributed by atoms with Crippen LogP contribution in [0.5, 0.6) is 0 Å². The first-order valence-electron chi connectivity index (χ1n) is 16.0. The highest BCUT2D eigenvalue weighted by molar-refractivity contribution is 7.80. The molecule has 5 aromatic rings. The lowest BCUT2D eigenvalue weighted by molar-refractivity contribution is -0.0603. The predicted molar refractivity (Wildman–Crippen MR) is 186 cm³/mol. The molecule has 0 amide bonds. The molecule has 1 aliphatic rings. The van der Waals surface area contributed by atoms with Crippen LogP contribution in [0.15, 0.2) is 140 Å². The van der Waals surface area contributed by atoms with E-state index in [4.69, 9.17) is 21.7 Å². The van der Waals surface area contributed by atoms with Gasteiger partial charge in [0.1, 0.15) is 5.60 Å². The Balaban J connectivity index is 1.37. The van der Waals surface area contributed by atoms with Gasteiger partial charge in [0.15, 0.2) is 17.4 Å². The monoisotopic (exact) mass is 662 g/mol. The van der Waals surface area contributed by atoms with Crippen molar-refractivity contribution in [2.24, 2.45) is 5.92 Å². The number of hydrogen-bond donors (Lipinski definition) is 1. The van der Waals surface area contributed by atoms with Crippen molar-refractivity contribution >= 4 is 22.9 Å². The van der Waals surface area contributed by atoms with Crippen molar-refractivity contribution in [3.63, 3.8) is 0 Å². The predicted octanol–water partition coefficient (Wildman–Crippen LogP) is 8.25. The Bertz CT molecular complexity index is 1740. The first-order chi connectivity index (χ1) is 23.4. The van der Waals surface area contributed by atoms with Gasteiger partial charge in [0.2, 0.25) is 0 Å². The highest BCUT2D eigenvalue weighted by Gasteiger charge is 2.53. The Hall–Kier alpha value is -4.40. The smallest absolute Gasteiger partial charge is 0.167 e. The van der Waals surface area contributed by atoms with Gasteiger partial charge in [0.05, 0.1) is 19.3 Å². The molecule has 1 fully saturated rings. The third-order valence-corrected chi connectivity index (χ3v) is 9.66. The van der Waals surface area contributed by atoms with Crippen LogP contribution in [-0.2, 0) is 20.5 Å². The largest absolute Gasteiger partial charge is 0.396 e. The maximum atomic E-state index is 15.7. The first kappa shape index (κ1) is 33.5. The molecule has 0 aromatic heterocycles. The third kappa shape index (κ3) is 6.51. The van der Waals surface area contributed by atoms with Crippen molar-refractivity contribution in [3.05, 3.63) is 179 Å². The molecule has 244 valence electrons. The van der Waals surface area contributed by atoms with Crippen molar-refractivity contribution in [3.8, 4) is 0 Å². The van der Waals surface area contributed by atoms with Crippen molar-refractivity contribution < 1.29 is 28.2 Å². The van der Waals surface area contributed by atoms with Gasteiger partial charge >= 0.3 is 0 Å². The van der Waals surface area contributed by atoms with Crippen LogP contribution in [0.2, 0.25) is 0 Å². The molecule has 4 nitrogen and oxygen atoms in total. The zero-order valence-corrected chi connectivity index (χ0v) is 27.1. The summed E-state index contributed by atoms with van der Waals surface area (Å²) in [4.78, 5) is 13.5. The number of rotatable bonds is 13. The van der Waals surface area contributed by atoms with E-state index in [1.54, 1.807) is 24.3 Å². The van der Waals surface area contributed by atoms with Crippen LogP contribution < -0.4 is 0 Å². The molecule has 3 atom stereocenters. The molecule has 1 aliphatic heterocycles. The molecule has 7 heteroatoms. The van der Waals surface area contributed by atoms with Crippen LogP contribution in [0.1, 0.15) is 45.5 Å². The van der Waals surface area contributed by atoms with Crippen LogP contribution >= 0.6 is 12.2 Å². The van der Waals surface area contributed by atoms with Gasteiger partial charge in [-0.1, -0.05) is 146 Å². The first-order valence-corrected chi connectivity index (χ1v) is 16.4. The number of aliphatic hydroxyl groups excluding tert-OH is 1. The second kappa shape index (κ2) is 14.8. The average Bonchev–Trinajstić information content (AvgIpc) is 3.48. The summed E-state index contributed by atoms with van der Waals surface area (Å²) in [6.07, 6.45) is -0.749. The summed E-state index contributed by atoms with van der Waals surface area (Å²) in [5, 5.41) is 11.0. The second-order valence-electron chi connectivity index (χ2n) is 12.2. The van der Waals surface area contributed by atoms with E-state index in [1.165, 1.54) is 12.1 Å². The molecule has 0 saturated carbocycles. The fraction of sp³-hybridized carbons (Fsp3) is 0.220. The minimum absolute atomic E-state index is 0.0122. The van der Waals surface area contributed by atoms with Crippen LogP contribution in [0.3, 0.4) is 0 Å². The maximum absolute atomic E-state index is 15.7. The van der Waals surface area contributed by atoms with Crippen molar-refractivity contribution in [2.75, 3.05) is 19.8 Å². The molecule has 1 unspecified atom stereocenters. The van der Waals surface area contributed by atoms with E-state index in [-0.39, 0.29) is 37.4 Å². The van der Waals surface area contributed by atoms with E-state index < -0.39 is 41.3 Å². The molecule has 0 bridgehead atoms. The van der Waals surface area contributed by atoms with Crippen LogP contribution in [0.4, 0.5) is 8.78 Å². The lowest BCUT2D eigenvalue weighted by Gasteiger charge is -2.38. The molecule has 6 rings (SSSR count). The lowest BCUT2D eigenvalue weighted by atomic mass is 9.67. The minimum Gasteiger partial charge on any atom is -0.396 e. The Kier molecular flexibility index (Phi) is 10.3. The molecule has 48 heavy (non-hydrogen) atoms. The van der Waals surface area contributed by atoms with E-state index in [0.717, 1.165) is 22.8 Å². The fourth-order valence-electron chi connectivity index (χ4n) is 7.03. The van der Waals surface area contributed by atoms with Crippen LogP contribution in [0, 0.1) is 17.6 Å². The number of Topliss-reactive ketones (excluding diaryl/α,β-unsaturated/α-hetero) is 1. The number of hydrogen-bond acceptors (Lipinski definition) is 5. The Morgan fingerprint density at radius 3 is 1.83 bits per heavy atom. The second-order valence-corrected chi connectivity index (χ2v) is 12.7. The molecular weight excluding hydrogens is 627 g/mol. The number of ether oxygens (including phenoxy) is 2. The summed E-state index contributed by atoms with van der Waals surface area (Å²) in [6.45, 7) is -0.451. The topological polar surface area (TPSA) is 55.8 Å². The van der Waals surface area contributed by atoms with Crippen molar-refractivity contribution in [1.29, 1.82) is 0 Å². The third-order valence-electron chi connectivity index (χ3n) is 9.37. The summed E-state index contributed by atoms with van der Waals surface area (Å²) in [5.41, 5.74) is 0.936. The van der Waals surface area contributed by atoms with E-state index in [1.807, 2.05) is 97.1 Å². The van der Waals surface area contributed by atoms with E-state index in [9.17, 15) is 14.3 Å². The van der Waals surface area contributed by atoms with E-state index in [0.29, 0.717) is 10.4 Å². The number of carbonyl (C=O) groups is 1. The van der Waals surface area contributed by atoms with E-state index >= 15 is 4.39 Å². The van der Waals surface area contributed by atoms with Crippen LogP contribution in [-0.4, -0.2) is 41.7 Å². The Labute approximate surface area is 285 Å². The van der Waals surface area contributed by atoms with Gasteiger partial charge in [-0.15, -0.1) is 0 Å². The molecule has 1 saturated heterocycles. The number of benzene rings is 5. The molecule has 1 N–H and O–H groups in total. The summed E-state index contributed by atoms with van der Waals surface area (Å²) >= 11 is 5.76. The quantitative estimate of drug-likeness (QED) is 0.0782. The number of thiocarbonyl (C=S) groups is 1. The van der Waals surface area contributed by atoms with Gasteiger partial charge in [-0.05, 0) is 29.2 Å². The van der Waals surface area contributed by atoms with Gasteiger partial charge in [-0.2, -0.15) is 0 Å². The number of carbonyl (C=O) groups excluding carboxylic acids is 1. The number of ketones is 1. The summed E-state index contributed by atoms with van der Waals surface area (Å²) in [5.74, 6) is -2.94. The molecule has 0 radical (unpaired) electrons. The van der Waals surface area contributed by atoms with Gasteiger partial charge in [0, 0.05) is 40.4 Å². The fourth-order valence-corrected chi connectivity index (χ4v) is 7.42. The zero-order chi connectivity index (χ0) is 33.6. The molecule has 5 aromatic carbocycles. The number of halogens is 2. The number of aliphatic hydroxyl groups is 1. The van der Waals surface area contributed by atoms with Gasteiger partial charge in [-0.3, -0.25) is 4.79 Å². The van der Waals surface area contributed by atoms with Gasteiger partial charge in [0.25, 0.3) is 0 Å². The zero-order valence-electron chi connectivity index (χ0n) is 26.3. The normalized spacial score (nSPS) is 19.2. The SMILES string of the molecule is O=C(CC(=S)CC1(c2cccc(F)c2F)CO[C@H](COC(c2ccccc2)(c2ccccc2)c2ccccc2)[C@H]1CO)c1ccccc1. The van der Waals surface area contributed by atoms with E-state index in [2.05, 4.69) is 0 Å². The van der Waals surface area contributed by atoms with Gasteiger partial charge in [-0.25, -0.2) is 8.78 Å². The summed E-state index contributed by atoms with van der Waals surface area (Å²) in [7, 11) is 0. The lowest BCUT2D eigenvalue weighted by Crippen LogP contribution is -2.44. The molecular formula is C41H36F2O4S. The summed E-state index contributed by atoms with van der Waals surface area (Å²) < 4.78 is 43.9. The average molecular weight is 663 g/mol. The van der Waals surface area contributed by atoms with Crippen molar-refractivity contribution in [2.45, 2.75) is 30.0 Å².